The predicted octanol–water partition coefficient (Wildman–Crippen LogP) is 5.50. The van der Waals surface area contributed by atoms with Crippen LogP contribution in [0.25, 0.3) is 0 Å². The lowest BCUT2D eigenvalue weighted by Crippen LogP contribution is -2.36. The molecule has 35 heavy (non-hydrogen) atoms. The monoisotopic (exact) mass is 493 g/mol. The van der Waals surface area contributed by atoms with Gasteiger partial charge in [-0.2, -0.15) is 5.10 Å². The Hall–Kier alpha value is -3.29. The molecule has 1 amide bonds. The number of nitrogens with zero attached hydrogens (tertiary/aromatic N) is 3. The molecular weight excluding hydrogens is 465 g/mol. The number of hydrogen-bond acceptors (Lipinski definition) is 5. The lowest BCUT2D eigenvalue weighted by atomic mass is 9.92. The van der Waals surface area contributed by atoms with Gasteiger partial charge in [-0.3, -0.25) is 9.69 Å². The SMILES string of the molecule is C/C(=N\NC(=O)c1ccc(NCc2cccc(F)c2)cn1)C1CCN(Cc2ccccc2Cl)CC1. The maximum atomic E-state index is 13.3. The number of piperidine rings is 1. The predicted molar refractivity (Wildman–Crippen MR) is 138 cm³/mol. The lowest BCUT2D eigenvalue weighted by Gasteiger charge is -2.32. The van der Waals surface area contributed by atoms with E-state index >= 15 is 0 Å². The molecule has 2 N–H and O–H groups in total. The fourth-order valence-electron chi connectivity index (χ4n) is 4.15. The van der Waals surface area contributed by atoms with E-state index in [1.807, 2.05) is 31.2 Å². The van der Waals surface area contributed by atoms with Crippen LogP contribution in [0.3, 0.4) is 0 Å². The van der Waals surface area contributed by atoms with Crippen molar-refractivity contribution in [2.24, 2.45) is 11.0 Å². The molecule has 0 atom stereocenters. The van der Waals surface area contributed by atoms with Crippen LogP contribution < -0.4 is 10.7 Å². The van der Waals surface area contributed by atoms with Crippen LogP contribution in [0, 0.1) is 11.7 Å². The van der Waals surface area contributed by atoms with Gasteiger partial charge in [0.1, 0.15) is 11.5 Å². The Labute approximate surface area is 210 Å². The molecule has 1 aliphatic heterocycles. The molecule has 1 aliphatic rings. The van der Waals surface area contributed by atoms with Crippen LogP contribution in [-0.2, 0) is 13.1 Å². The first-order valence-electron chi connectivity index (χ1n) is 11.7. The number of rotatable bonds is 8. The zero-order valence-corrected chi connectivity index (χ0v) is 20.4. The number of carbonyl (C=O) groups is 1. The molecule has 0 aliphatic carbocycles. The van der Waals surface area contributed by atoms with Gasteiger partial charge in [0, 0.05) is 29.7 Å². The van der Waals surface area contributed by atoms with Crippen LogP contribution >= 0.6 is 11.6 Å². The molecule has 0 spiro atoms. The molecule has 2 heterocycles. The molecule has 3 aromatic rings. The third-order valence-corrected chi connectivity index (χ3v) is 6.61. The first kappa shape index (κ1) is 24.8. The number of hydrogen-bond donors (Lipinski definition) is 2. The van der Waals surface area contributed by atoms with Crippen LogP contribution in [0.4, 0.5) is 10.1 Å². The molecule has 0 radical (unpaired) electrons. The van der Waals surface area contributed by atoms with Gasteiger partial charge in [0.15, 0.2) is 0 Å². The second-order valence-corrected chi connectivity index (χ2v) is 9.16. The number of carbonyl (C=O) groups excluding carboxylic acids is 1. The van der Waals surface area contributed by atoms with Gasteiger partial charge >= 0.3 is 0 Å². The van der Waals surface area contributed by atoms with Crippen LogP contribution in [-0.4, -0.2) is 34.6 Å². The molecule has 0 unspecified atom stereocenters. The molecule has 2 aromatic carbocycles. The van der Waals surface area contributed by atoms with Crippen molar-refractivity contribution >= 4 is 28.9 Å². The van der Waals surface area contributed by atoms with E-state index in [0.717, 1.165) is 60.0 Å². The lowest BCUT2D eigenvalue weighted by molar-refractivity contribution is 0.0949. The first-order valence-corrected chi connectivity index (χ1v) is 12.1. The topological polar surface area (TPSA) is 69.6 Å². The van der Waals surface area contributed by atoms with E-state index in [9.17, 15) is 9.18 Å². The number of amides is 1. The number of aromatic nitrogens is 1. The van der Waals surface area contributed by atoms with Gasteiger partial charge in [-0.25, -0.2) is 14.8 Å². The average Bonchev–Trinajstić information content (AvgIpc) is 2.88. The van der Waals surface area contributed by atoms with Crippen molar-refractivity contribution in [3.8, 4) is 0 Å². The first-order chi connectivity index (χ1) is 17.0. The van der Waals surface area contributed by atoms with Gasteiger partial charge < -0.3 is 5.32 Å². The summed E-state index contributed by atoms with van der Waals surface area (Å²) in [7, 11) is 0. The van der Waals surface area contributed by atoms with Gasteiger partial charge in [0.2, 0.25) is 0 Å². The second-order valence-electron chi connectivity index (χ2n) is 8.75. The zero-order chi connectivity index (χ0) is 24.6. The highest BCUT2D eigenvalue weighted by molar-refractivity contribution is 6.31. The molecule has 1 fully saturated rings. The summed E-state index contributed by atoms with van der Waals surface area (Å²) >= 11 is 6.29. The quantitative estimate of drug-likeness (QED) is 0.321. The summed E-state index contributed by atoms with van der Waals surface area (Å²) in [4.78, 5) is 19.1. The van der Waals surface area contributed by atoms with Crippen LogP contribution in [0.1, 0.15) is 41.4 Å². The Balaban J connectivity index is 1.23. The zero-order valence-electron chi connectivity index (χ0n) is 19.7. The Morgan fingerprint density at radius 1 is 1.14 bits per heavy atom. The Morgan fingerprint density at radius 2 is 1.94 bits per heavy atom. The van der Waals surface area contributed by atoms with Crippen molar-refractivity contribution in [3.63, 3.8) is 0 Å². The summed E-state index contributed by atoms with van der Waals surface area (Å²) in [6.07, 6.45) is 3.55. The standard InChI is InChI=1S/C27H29ClFN5O/c1-19(21-11-13-34(14-12-21)18-22-6-2-3-8-25(22)28)32-33-27(35)26-10-9-24(17-31-26)30-16-20-5-4-7-23(29)15-20/h2-10,15,17,21,30H,11-14,16,18H2,1H3,(H,33,35)/b32-19+. The normalized spacial score (nSPS) is 15.1. The fourth-order valence-corrected chi connectivity index (χ4v) is 4.34. The molecule has 182 valence electrons. The number of likely N-dealkylation sites (tertiary alicyclic amines) is 1. The van der Waals surface area contributed by atoms with Crippen LogP contribution in [0.15, 0.2) is 72.0 Å². The number of anilines is 1. The van der Waals surface area contributed by atoms with Crippen molar-refractivity contribution in [3.05, 3.63) is 94.5 Å². The minimum absolute atomic E-state index is 0.270. The van der Waals surface area contributed by atoms with Gasteiger partial charge in [0.25, 0.3) is 5.91 Å². The largest absolute Gasteiger partial charge is 0.380 e. The minimum Gasteiger partial charge on any atom is -0.380 e. The summed E-state index contributed by atoms with van der Waals surface area (Å²) in [6.45, 7) is 5.19. The number of benzene rings is 2. The maximum Gasteiger partial charge on any atom is 0.289 e. The molecule has 1 aromatic heterocycles. The summed E-state index contributed by atoms with van der Waals surface area (Å²) in [5.41, 5.74) is 6.55. The number of hydrazone groups is 1. The van der Waals surface area contributed by atoms with Crippen molar-refractivity contribution in [1.29, 1.82) is 0 Å². The summed E-state index contributed by atoms with van der Waals surface area (Å²) < 4.78 is 13.3. The molecule has 0 bridgehead atoms. The molecule has 6 nitrogen and oxygen atoms in total. The smallest absolute Gasteiger partial charge is 0.289 e. The average molecular weight is 494 g/mol. The van der Waals surface area contributed by atoms with E-state index in [2.05, 4.69) is 31.8 Å². The Bertz CT molecular complexity index is 1180. The third-order valence-electron chi connectivity index (χ3n) is 6.25. The van der Waals surface area contributed by atoms with Crippen LogP contribution in [0.5, 0.6) is 0 Å². The fraction of sp³-hybridized carbons (Fsp3) is 0.296. The van der Waals surface area contributed by atoms with E-state index in [4.69, 9.17) is 11.6 Å². The van der Waals surface area contributed by atoms with E-state index < -0.39 is 0 Å². The van der Waals surface area contributed by atoms with E-state index in [1.54, 1.807) is 24.4 Å². The summed E-state index contributed by atoms with van der Waals surface area (Å²) in [6, 6.07) is 17.8. The highest BCUT2D eigenvalue weighted by Gasteiger charge is 2.22. The number of halogens is 2. The van der Waals surface area contributed by atoms with Crippen LogP contribution in [0.2, 0.25) is 5.02 Å². The minimum atomic E-state index is -0.350. The maximum absolute atomic E-state index is 13.3. The van der Waals surface area contributed by atoms with E-state index in [-0.39, 0.29) is 17.4 Å². The third kappa shape index (κ3) is 7.10. The molecule has 4 rings (SSSR count). The summed E-state index contributed by atoms with van der Waals surface area (Å²) in [5, 5.41) is 8.31. The van der Waals surface area contributed by atoms with Gasteiger partial charge in [0.05, 0.1) is 11.9 Å². The number of nitrogens with one attached hydrogen (secondary N) is 2. The van der Waals surface area contributed by atoms with Crippen molar-refractivity contribution in [1.82, 2.24) is 15.3 Å². The van der Waals surface area contributed by atoms with Crippen molar-refractivity contribution < 1.29 is 9.18 Å². The van der Waals surface area contributed by atoms with Crippen molar-refractivity contribution in [2.45, 2.75) is 32.9 Å². The van der Waals surface area contributed by atoms with Gasteiger partial charge in [-0.05, 0) is 74.3 Å². The van der Waals surface area contributed by atoms with Gasteiger partial charge in [-0.1, -0.05) is 41.9 Å². The second kappa shape index (κ2) is 11.9. The molecule has 8 heteroatoms. The Kier molecular flexibility index (Phi) is 8.45. The number of pyridine rings is 1. The Morgan fingerprint density at radius 3 is 2.66 bits per heavy atom. The highest BCUT2D eigenvalue weighted by atomic mass is 35.5. The van der Waals surface area contributed by atoms with E-state index in [0.29, 0.717) is 12.5 Å². The van der Waals surface area contributed by atoms with E-state index in [1.165, 1.54) is 12.1 Å². The summed E-state index contributed by atoms with van der Waals surface area (Å²) in [5.74, 6) is -0.287. The van der Waals surface area contributed by atoms with Gasteiger partial charge in [-0.15, -0.1) is 0 Å². The molecule has 0 saturated carbocycles. The molecular formula is C27H29ClFN5O. The highest BCUT2D eigenvalue weighted by Crippen LogP contribution is 2.23. The molecule has 1 saturated heterocycles. The van der Waals surface area contributed by atoms with Crippen molar-refractivity contribution in [2.75, 3.05) is 18.4 Å².